The molecule has 0 radical (unpaired) electrons. The third-order valence-corrected chi connectivity index (χ3v) is 7.89. The van der Waals surface area contributed by atoms with Crippen LogP contribution < -0.4 is 0 Å². The van der Waals surface area contributed by atoms with E-state index in [1.165, 1.54) is 4.31 Å². The second-order valence-electron chi connectivity index (χ2n) is 8.19. The SMILES string of the molecule is Cc1cc(C(=O)CN2CCN(S(=O)(=O)Cc3ccccc3Cl)CC2)c(C)n1C(C)C. The van der Waals surface area contributed by atoms with E-state index < -0.39 is 10.0 Å². The standard InChI is InChI=1S/C22H30ClN3O3S/c1-16(2)26-17(3)13-20(18(26)4)22(27)14-24-9-11-25(12-10-24)30(28,29)15-19-7-5-6-8-21(19)23/h5-8,13,16H,9-12,14-15H2,1-4H3. The van der Waals surface area contributed by atoms with Gasteiger partial charge in [-0.25, -0.2) is 8.42 Å². The van der Waals surface area contributed by atoms with Crippen LogP contribution in [0, 0.1) is 13.8 Å². The molecular formula is C22H30ClN3O3S. The van der Waals surface area contributed by atoms with Gasteiger partial charge in [0, 0.05) is 54.2 Å². The van der Waals surface area contributed by atoms with Gasteiger partial charge in [0.05, 0.1) is 12.3 Å². The molecule has 164 valence electrons. The lowest BCUT2D eigenvalue weighted by molar-refractivity contribution is 0.0901. The molecule has 0 amide bonds. The lowest BCUT2D eigenvalue weighted by Gasteiger charge is -2.33. The fourth-order valence-corrected chi connectivity index (χ4v) is 6.04. The van der Waals surface area contributed by atoms with Gasteiger partial charge in [-0.1, -0.05) is 29.8 Å². The van der Waals surface area contributed by atoms with Gasteiger partial charge >= 0.3 is 0 Å². The molecule has 1 fully saturated rings. The normalized spacial score (nSPS) is 16.3. The molecule has 6 nitrogen and oxygen atoms in total. The van der Waals surface area contributed by atoms with Gasteiger partial charge in [0.25, 0.3) is 0 Å². The summed E-state index contributed by atoms with van der Waals surface area (Å²) in [6.07, 6.45) is 0. The molecular weight excluding hydrogens is 422 g/mol. The van der Waals surface area contributed by atoms with Crippen LogP contribution in [0.1, 0.15) is 47.2 Å². The molecule has 1 aliphatic heterocycles. The monoisotopic (exact) mass is 451 g/mol. The van der Waals surface area contributed by atoms with Gasteiger partial charge in [-0.2, -0.15) is 4.31 Å². The van der Waals surface area contributed by atoms with Crippen molar-refractivity contribution in [2.45, 2.75) is 39.5 Å². The maximum Gasteiger partial charge on any atom is 0.218 e. The second-order valence-corrected chi connectivity index (χ2v) is 10.6. The van der Waals surface area contributed by atoms with Crippen molar-refractivity contribution in [3.63, 3.8) is 0 Å². The number of nitrogens with zero attached hydrogens (tertiary/aromatic N) is 3. The van der Waals surface area contributed by atoms with Gasteiger partial charge in [0.2, 0.25) is 10.0 Å². The minimum Gasteiger partial charge on any atom is -0.346 e. The lowest BCUT2D eigenvalue weighted by atomic mass is 10.1. The summed E-state index contributed by atoms with van der Waals surface area (Å²) in [5.74, 6) is -0.0188. The maximum atomic E-state index is 12.9. The van der Waals surface area contributed by atoms with Crippen LogP contribution in [0.3, 0.4) is 0 Å². The number of rotatable bonds is 7. The number of aryl methyl sites for hydroxylation is 1. The molecule has 0 spiro atoms. The number of carbonyl (C=O) groups excluding carboxylic acids is 1. The molecule has 1 saturated heterocycles. The number of aromatic nitrogens is 1. The zero-order valence-electron chi connectivity index (χ0n) is 18.1. The van der Waals surface area contributed by atoms with Crippen molar-refractivity contribution in [1.82, 2.24) is 13.8 Å². The number of halogens is 1. The number of benzene rings is 1. The molecule has 0 unspecified atom stereocenters. The molecule has 2 heterocycles. The third kappa shape index (κ3) is 4.97. The summed E-state index contributed by atoms with van der Waals surface area (Å²) in [7, 11) is -3.45. The second kappa shape index (κ2) is 9.22. The largest absolute Gasteiger partial charge is 0.346 e. The number of hydrogen-bond donors (Lipinski definition) is 0. The topological polar surface area (TPSA) is 62.6 Å². The molecule has 1 aliphatic rings. The molecule has 30 heavy (non-hydrogen) atoms. The van der Waals surface area contributed by atoms with Gasteiger partial charge in [0.15, 0.2) is 5.78 Å². The van der Waals surface area contributed by atoms with Crippen LogP contribution in [-0.4, -0.2) is 60.7 Å². The zero-order chi connectivity index (χ0) is 22.1. The lowest BCUT2D eigenvalue weighted by Crippen LogP contribution is -2.50. The summed E-state index contributed by atoms with van der Waals surface area (Å²) >= 11 is 6.12. The molecule has 1 aromatic heterocycles. The average molecular weight is 452 g/mol. The molecule has 0 N–H and O–H groups in total. The Hall–Kier alpha value is -1.67. The summed E-state index contributed by atoms with van der Waals surface area (Å²) in [6, 6.07) is 9.28. The van der Waals surface area contributed by atoms with E-state index in [0.29, 0.717) is 49.4 Å². The quantitative estimate of drug-likeness (QED) is 0.602. The Bertz CT molecular complexity index is 1020. The van der Waals surface area contributed by atoms with Gasteiger partial charge in [0.1, 0.15) is 0 Å². The van der Waals surface area contributed by atoms with E-state index >= 15 is 0 Å². The Labute approximate surface area is 184 Å². The number of piperazine rings is 1. The van der Waals surface area contributed by atoms with Crippen LogP contribution in [0.25, 0.3) is 0 Å². The van der Waals surface area contributed by atoms with Gasteiger partial charge in [-0.3, -0.25) is 9.69 Å². The van der Waals surface area contributed by atoms with Crippen molar-refractivity contribution in [2.75, 3.05) is 32.7 Å². The van der Waals surface area contributed by atoms with Crippen molar-refractivity contribution < 1.29 is 13.2 Å². The fraction of sp³-hybridized carbons (Fsp3) is 0.500. The predicted octanol–water partition coefficient (Wildman–Crippen LogP) is 3.67. The highest BCUT2D eigenvalue weighted by atomic mass is 35.5. The van der Waals surface area contributed by atoms with Crippen molar-refractivity contribution in [3.05, 3.63) is 57.9 Å². The van der Waals surface area contributed by atoms with E-state index in [4.69, 9.17) is 11.6 Å². The maximum absolute atomic E-state index is 12.9. The van der Waals surface area contributed by atoms with Crippen LogP contribution >= 0.6 is 11.6 Å². The average Bonchev–Trinajstić information content (AvgIpc) is 2.98. The van der Waals surface area contributed by atoms with Gasteiger partial charge in [-0.15, -0.1) is 0 Å². The Morgan fingerprint density at radius 3 is 2.30 bits per heavy atom. The van der Waals surface area contributed by atoms with Crippen LogP contribution in [0.5, 0.6) is 0 Å². The fourth-order valence-electron chi connectivity index (χ4n) is 4.21. The summed E-state index contributed by atoms with van der Waals surface area (Å²) in [5, 5.41) is 0.462. The highest BCUT2D eigenvalue weighted by Gasteiger charge is 2.29. The Morgan fingerprint density at radius 2 is 1.73 bits per heavy atom. The molecule has 2 aromatic rings. The highest BCUT2D eigenvalue weighted by Crippen LogP contribution is 2.22. The molecule has 0 aliphatic carbocycles. The smallest absolute Gasteiger partial charge is 0.218 e. The molecule has 3 rings (SSSR count). The Morgan fingerprint density at radius 1 is 1.10 bits per heavy atom. The van der Waals surface area contributed by atoms with Gasteiger partial charge < -0.3 is 4.57 Å². The Balaban J connectivity index is 1.60. The predicted molar refractivity (Wildman–Crippen MR) is 121 cm³/mol. The molecule has 0 saturated carbocycles. The van der Waals surface area contributed by atoms with Crippen LogP contribution in [0.4, 0.5) is 0 Å². The van der Waals surface area contributed by atoms with Crippen molar-refractivity contribution in [1.29, 1.82) is 0 Å². The summed E-state index contributed by atoms with van der Waals surface area (Å²) < 4.78 is 29.2. The van der Waals surface area contributed by atoms with E-state index in [9.17, 15) is 13.2 Å². The molecule has 0 atom stereocenters. The number of Topliss-reactive ketones (excluding diaryl/α,β-unsaturated/α-hetero) is 1. The van der Waals surface area contributed by atoms with Crippen LogP contribution in [-0.2, 0) is 15.8 Å². The zero-order valence-corrected chi connectivity index (χ0v) is 19.6. The number of ketones is 1. The number of hydrogen-bond acceptors (Lipinski definition) is 4. The molecule has 0 bridgehead atoms. The molecule has 1 aromatic carbocycles. The van der Waals surface area contributed by atoms with E-state index in [1.807, 2.05) is 24.8 Å². The first kappa shape index (κ1) is 23.0. The summed E-state index contributed by atoms with van der Waals surface area (Å²) in [5.41, 5.74) is 3.45. The van der Waals surface area contributed by atoms with E-state index in [1.54, 1.807) is 24.3 Å². The van der Waals surface area contributed by atoms with Crippen molar-refractivity contribution >= 4 is 27.4 Å². The van der Waals surface area contributed by atoms with Crippen LogP contribution in [0.2, 0.25) is 5.02 Å². The summed E-state index contributed by atoms with van der Waals surface area (Å²) in [6.45, 7) is 10.4. The van der Waals surface area contributed by atoms with Gasteiger partial charge in [-0.05, 0) is 45.4 Å². The number of carbonyl (C=O) groups is 1. The first-order valence-corrected chi connectivity index (χ1v) is 12.2. The highest BCUT2D eigenvalue weighted by molar-refractivity contribution is 7.88. The van der Waals surface area contributed by atoms with Crippen molar-refractivity contribution in [3.8, 4) is 0 Å². The summed E-state index contributed by atoms with van der Waals surface area (Å²) in [4.78, 5) is 14.9. The first-order chi connectivity index (χ1) is 14.1. The van der Waals surface area contributed by atoms with E-state index in [-0.39, 0.29) is 11.5 Å². The minimum atomic E-state index is -3.45. The number of sulfonamides is 1. The van der Waals surface area contributed by atoms with Crippen LogP contribution in [0.15, 0.2) is 30.3 Å². The van der Waals surface area contributed by atoms with Crippen molar-refractivity contribution in [2.24, 2.45) is 0 Å². The van der Waals surface area contributed by atoms with E-state index in [2.05, 4.69) is 18.4 Å². The van der Waals surface area contributed by atoms with E-state index in [0.717, 1.165) is 17.0 Å². The minimum absolute atomic E-state index is 0.0855. The Kier molecular flexibility index (Phi) is 7.07. The molecule has 8 heteroatoms. The first-order valence-electron chi connectivity index (χ1n) is 10.3. The third-order valence-electron chi connectivity index (χ3n) is 5.69.